The van der Waals surface area contributed by atoms with Gasteiger partial charge >= 0.3 is 0 Å². The fraction of sp³-hybridized carbons (Fsp3) is 0.296. The fourth-order valence-electron chi connectivity index (χ4n) is 4.84. The Balaban J connectivity index is 1.29. The quantitative estimate of drug-likeness (QED) is 0.541. The van der Waals surface area contributed by atoms with Gasteiger partial charge in [0.15, 0.2) is 0 Å². The van der Waals surface area contributed by atoms with E-state index in [2.05, 4.69) is 4.90 Å². The number of carbonyl (C=O) groups excluding carboxylic acids is 1. The molecule has 0 aromatic heterocycles. The number of sulfonamides is 1. The van der Waals surface area contributed by atoms with Crippen molar-refractivity contribution in [2.75, 3.05) is 37.0 Å². The van der Waals surface area contributed by atoms with E-state index in [1.165, 1.54) is 22.5 Å². The molecule has 2 aliphatic rings. The first-order chi connectivity index (χ1) is 16.9. The molecule has 0 bridgehead atoms. The smallest absolute Gasteiger partial charge is 0.264 e. The predicted molar refractivity (Wildman–Crippen MR) is 133 cm³/mol. The fourth-order valence-corrected chi connectivity index (χ4v) is 6.39. The topological polar surface area (TPSA) is 60.9 Å². The van der Waals surface area contributed by atoms with Gasteiger partial charge in [0.25, 0.3) is 15.9 Å². The van der Waals surface area contributed by atoms with Gasteiger partial charge in [-0.25, -0.2) is 12.8 Å². The number of carbonyl (C=O) groups is 1. The zero-order chi connectivity index (χ0) is 24.4. The van der Waals surface area contributed by atoms with Crippen LogP contribution >= 0.6 is 0 Å². The lowest BCUT2D eigenvalue weighted by molar-refractivity contribution is 0.0761. The van der Waals surface area contributed by atoms with Crippen molar-refractivity contribution < 1.29 is 17.6 Å². The molecule has 1 saturated heterocycles. The molecular weight excluding hydrogens is 465 g/mol. The second-order valence-electron chi connectivity index (χ2n) is 9.03. The van der Waals surface area contributed by atoms with E-state index in [1.807, 2.05) is 24.3 Å². The Morgan fingerprint density at radius 1 is 0.857 bits per heavy atom. The molecule has 5 rings (SSSR count). The molecule has 1 fully saturated rings. The molecule has 2 aliphatic heterocycles. The lowest BCUT2D eigenvalue weighted by Crippen LogP contribution is -2.35. The van der Waals surface area contributed by atoms with Crippen molar-refractivity contribution in [3.8, 4) is 0 Å². The third-order valence-corrected chi connectivity index (χ3v) is 8.52. The Bertz CT molecular complexity index is 1330. The molecule has 0 unspecified atom stereocenters. The van der Waals surface area contributed by atoms with Gasteiger partial charge in [-0.1, -0.05) is 36.4 Å². The second kappa shape index (κ2) is 9.79. The van der Waals surface area contributed by atoms with Crippen molar-refractivity contribution in [2.24, 2.45) is 0 Å². The Morgan fingerprint density at radius 3 is 2.49 bits per heavy atom. The van der Waals surface area contributed by atoms with Crippen molar-refractivity contribution in [2.45, 2.75) is 24.3 Å². The zero-order valence-corrected chi connectivity index (χ0v) is 20.3. The molecule has 3 aromatic carbocycles. The van der Waals surface area contributed by atoms with Crippen LogP contribution in [0.2, 0.25) is 0 Å². The largest absolute Gasteiger partial charge is 0.337 e. The van der Waals surface area contributed by atoms with Crippen molar-refractivity contribution in [3.05, 3.63) is 95.3 Å². The average Bonchev–Trinajstić information content (AvgIpc) is 3.19. The van der Waals surface area contributed by atoms with Crippen LogP contribution in [0.15, 0.2) is 77.7 Å². The molecular formula is C27H28FN3O3S. The third kappa shape index (κ3) is 4.94. The van der Waals surface area contributed by atoms with Gasteiger partial charge in [0, 0.05) is 44.8 Å². The highest BCUT2D eigenvalue weighted by Gasteiger charge is 2.31. The predicted octanol–water partition coefficient (Wildman–Crippen LogP) is 3.93. The third-order valence-electron chi connectivity index (χ3n) is 6.71. The normalized spacial score (nSPS) is 16.7. The number of hydrogen-bond acceptors (Lipinski definition) is 4. The van der Waals surface area contributed by atoms with Crippen LogP contribution in [0.3, 0.4) is 0 Å². The molecule has 6 nitrogen and oxygen atoms in total. The van der Waals surface area contributed by atoms with Gasteiger partial charge in [-0.3, -0.25) is 14.0 Å². The molecule has 8 heteroatoms. The number of anilines is 1. The minimum atomic E-state index is -3.76. The van der Waals surface area contributed by atoms with Crippen LogP contribution in [0.25, 0.3) is 0 Å². The molecule has 0 N–H and O–H groups in total. The maximum absolute atomic E-state index is 13.4. The Labute approximate surface area is 205 Å². The van der Waals surface area contributed by atoms with Crippen LogP contribution in [-0.4, -0.2) is 56.8 Å². The van der Waals surface area contributed by atoms with Gasteiger partial charge in [-0.2, -0.15) is 0 Å². The van der Waals surface area contributed by atoms with Crippen molar-refractivity contribution in [3.63, 3.8) is 0 Å². The highest BCUT2D eigenvalue weighted by atomic mass is 32.2. The summed E-state index contributed by atoms with van der Waals surface area (Å²) in [5.41, 5.74) is 3.13. The highest BCUT2D eigenvalue weighted by Crippen LogP contribution is 2.32. The Hall–Kier alpha value is -3.23. The summed E-state index contributed by atoms with van der Waals surface area (Å²) in [6, 6.07) is 20.4. The summed E-state index contributed by atoms with van der Waals surface area (Å²) in [7, 11) is -3.76. The van der Waals surface area contributed by atoms with Crippen LogP contribution in [-0.2, 0) is 23.0 Å². The van der Waals surface area contributed by atoms with Gasteiger partial charge in [0.05, 0.1) is 10.6 Å². The van der Waals surface area contributed by atoms with E-state index in [1.54, 1.807) is 35.2 Å². The van der Waals surface area contributed by atoms with Crippen LogP contribution in [0, 0.1) is 5.82 Å². The number of fused-ring (bicyclic) bond motifs is 1. The van der Waals surface area contributed by atoms with E-state index in [0.717, 1.165) is 24.1 Å². The van der Waals surface area contributed by atoms with E-state index in [0.29, 0.717) is 50.4 Å². The Morgan fingerprint density at radius 2 is 1.66 bits per heavy atom. The summed E-state index contributed by atoms with van der Waals surface area (Å²) in [6.45, 7) is 3.80. The minimum Gasteiger partial charge on any atom is -0.337 e. The van der Waals surface area contributed by atoms with Crippen LogP contribution in [0.5, 0.6) is 0 Å². The first-order valence-corrected chi connectivity index (χ1v) is 13.3. The molecule has 0 aliphatic carbocycles. The first-order valence-electron chi connectivity index (χ1n) is 11.9. The Kier molecular flexibility index (Phi) is 6.58. The number of nitrogens with zero attached hydrogens (tertiary/aromatic N) is 3. The minimum absolute atomic E-state index is 0.132. The van der Waals surface area contributed by atoms with Gasteiger partial charge in [0.2, 0.25) is 0 Å². The van der Waals surface area contributed by atoms with E-state index >= 15 is 0 Å². The molecule has 0 atom stereocenters. The summed E-state index contributed by atoms with van der Waals surface area (Å²) in [6.07, 6.45) is 1.49. The van der Waals surface area contributed by atoms with Crippen molar-refractivity contribution in [1.82, 2.24) is 9.80 Å². The summed E-state index contributed by atoms with van der Waals surface area (Å²) < 4.78 is 41.4. The molecule has 0 radical (unpaired) electrons. The number of rotatable bonds is 5. The van der Waals surface area contributed by atoms with E-state index in [9.17, 15) is 17.6 Å². The molecule has 3 aromatic rings. The number of para-hydroxylation sites is 1. The SMILES string of the molecule is O=C(c1cccc(S(=O)(=O)N2CCc3ccccc32)c1)N1CCCN(Cc2ccc(F)cc2)CC1. The number of amides is 1. The van der Waals surface area contributed by atoms with Gasteiger partial charge in [-0.15, -0.1) is 0 Å². The lowest BCUT2D eigenvalue weighted by Gasteiger charge is -2.23. The molecule has 182 valence electrons. The lowest BCUT2D eigenvalue weighted by atomic mass is 10.2. The summed E-state index contributed by atoms with van der Waals surface area (Å²) >= 11 is 0. The average molecular weight is 494 g/mol. The zero-order valence-electron chi connectivity index (χ0n) is 19.4. The van der Waals surface area contributed by atoms with Crippen LogP contribution in [0.1, 0.15) is 27.9 Å². The van der Waals surface area contributed by atoms with Crippen LogP contribution in [0.4, 0.5) is 10.1 Å². The maximum atomic E-state index is 13.4. The van der Waals surface area contributed by atoms with Gasteiger partial charge in [-0.05, 0) is 60.4 Å². The molecule has 0 saturated carbocycles. The number of halogens is 1. The summed E-state index contributed by atoms with van der Waals surface area (Å²) in [5, 5.41) is 0. The second-order valence-corrected chi connectivity index (χ2v) is 10.9. The van der Waals surface area contributed by atoms with Gasteiger partial charge < -0.3 is 4.90 Å². The van der Waals surface area contributed by atoms with E-state index in [4.69, 9.17) is 0 Å². The first kappa shape index (κ1) is 23.5. The standard InChI is InChI=1S/C27H28FN3O3S/c28-24-11-9-21(10-12-24)20-29-14-4-15-30(18-17-29)27(32)23-6-3-7-25(19-23)35(33,34)31-16-13-22-5-1-2-8-26(22)31/h1-3,5-12,19H,4,13-18,20H2. The molecule has 0 spiro atoms. The van der Waals surface area contributed by atoms with Crippen molar-refractivity contribution >= 4 is 21.6 Å². The summed E-state index contributed by atoms with van der Waals surface area (Å²) in [4.78, 5) is 17.5. The van der Waals surface area contributed by atoms with E-state index < -0.39 is 10.0 Å². The monoisotopic (exact) mass is 493 g/mol. The molecule has 35 heavy (non-hydrogen) atoms. The number of hydrogen-bond donors (Lipinski definition) is 0. The molecule has 1 amide bonds. The summed E-state index contributed by atoms with van der Waals surface area (Å²) in [5.74, 6) is -0.410. The van der Waals surface area contributed by atoms with Gasteiger partial charge in [0.1, 0.15) is 5.82 Å². The van der Waals surface area contributed by atoms with E-state index in [-0.39, 0.29) is 16.6 Å². The maximum Gasteiger partial charge on any atom is 0.264 e. The number of benzene rings is 3. The molecule has 2 heterocycles. The van der Waals surface area contributed by atoms with Crippen LogP contribution < -0.4 is 4.31 Å². The van der Waals surface area contributed by atoms with Crippen molar-refractivity contribution in [1.29, 1.82) is 0 Å². The highest BCUT2D eigenvalue weighted by molar-refractivity contribution is 7.92.